The maximum atomic E-state index is 5.29. The lowest BCUT2D eigenvalue weighted by Gasteiger charge is -2.00. The molecule has 15 heavy (non-hydrogen) atoms. The van der Waals surface area contributed by atoms with Gasteiger partial charge in [0, 0.05) is 3.92 Å². The summed E-state index contributed by atoms with van der Waals surface area (Å²) in [4.78, 5) is 4.53. The molecule has 0 N–H and O–H groups in total. The highest BCUT2D eigenvalue weighted by molar-refractivity contribution is 14.1. The van der Waals surface area contributed by atoms with E-state index in [1.54, 1.807) is 23.1 Å². The monoisotopic (exact) mass is 365 g/mol. The van der Waals surface area contributed by atoms with Gasteiger partial charge in [-0.2, -0.15) is 0 Å². The van der Waals surface area contributed by atoms with Gasteiger partial charge in [-0.1, -0.05) is 58.7 Å². The van der Waals surface area contributed by atoms with Gasteiger partial charge in [-0.15, -0.1) is 11.3 Å². The number of rotatable bonds is 2. The molecule has 0 aliphatic heterocycles. The van der Waals surface area contributed by atoms with Gasteiger partial charge in [0.2, 0.25) is 0 Å². The molecule has 5 heteroatoms. The second kappa shape index (κ2) is 5.07. The third-order valence-electron chi connectivity index (χ3n) is 1.79. The van der Waals surface area contributed by atoms with Gasteiger partial charge in [0.25, 0.3) is 0 Å². The van der Waals surface area contributed by atoms with Crippen LogP contribution in [0.4, 0.5) is 0 Å². The van der Waals surface area contributed by atoms with E-state index in [1.807, 2.05) is 18.2 Å². The van der Waals surface area contributed by atoms with Gasteiger partial charge < -0.3 is 0 Å². The van der Waals surface area contributed by atoms with E-state index in [-0.39, 0.29) is 0 Å². The first kappa shape index (κ1) is 11.8. The molecule has 1 unspecified atom stereocenters. The fourth-order valence-electron chi connectivity index (χ4n) is 1.06. The molecule has 1 aromatic carbocycles. The van der Waals surface area contributed by atoms with Crippen LogP contribution in [-0.4, -0.2) is 13.1 Å². The van der Waals surface area contributed by atoms with E-state index >= 15 is 0 Å². The zero-order valence-corrected chi connectivity index (χ0v) is 12.5. The van der Waals surface area contributed by atoms with Gasteiger partial charge in [0.15, 0.2) is 4.34 Å². The zero-order chi connectivity index (χ0) is 10.8. The maximum absolute atomic E-state index is 5.29. The van der Waals surface area contributed by atoms with E-state index in [0.717, 1.165) is 14.1 Å². The number of hydrogen-bond donors (Lipinski definition) is 0. The molecule has 0 aliphatic carbocycles. The third kappa shape index (κ3) is 2.89. The predicted molar refractivity (Wildman–Crippen MR) is 81.6 cm³/mol. The highest BCUT2D eigenvalue weighted by Gasteiger charge is 2.10. The summed E-state index contributed by atoms with van der Waals surface area (Å²) < 4.78 is 3.66. The first-order valence-electron chi connectivity index (χ1n) is 4.38. The molecule has 0 saturated carbocycles. The van der Waals surface area contributed by atoms with Crippen LogP contribution in [0.5, 0.6) is 0 Å². The molecule has 2 rings (SSSR count). The lowest BCUT2D eigenvalue weighted by atomic mass is 10.3. The number of hydrogen-bond acceptors (Lipinski definition) is 4. The van der Waals surface area contributed by atoms with Crippen LogP contribution in [0, 0.1) is 0 Å². The Morgan fingerprint density at radius 2 is 2.27 bits per heavy atom. The number of fused-ring (bicyclic) bond motifs is 1. The van der Waals surface area contributed by atoms with Gasteiger partial charge >= 0.3 is 0 Å². The second-order valence-electron chi connectivity index (χ2n) is 2.98. The van der Waals surface area contributed by atoms with Crippen molar-refractivity contribution in [1.29, 1.82) is 0 Å². The average Bonchev–Trinajstić information content (AvgIpc) is 2.59. The lowest BCUT2D eigenvalue weighted by molar-refractivity contribution is 1.31. The average molecular weight is 365 g/mol. The molecule has 0 aliphatic rings. The summed E-state index contributed by atoms with van der Waals surface area (Å²) in [6.45, 7) is 2.10. The molecule has 0 saturated heterocycles. The molecule has 2 aromatic rings. The second-order valence-corrected chi connectivity index (χ2v) is 7.87. The molecular formula is C10H8INS3. The van der Waals surface area contributed by atoms with Crippen molar-refractivity contribution in [3.63, 3.8) is 0 Å². The Balaban J connectivity index is 2.26. The highest BCUT2D eigenvalue weighted by Crippen LogP contribution is 2.31. The Labute approximate surface area is 116 Å². The van der Waals surface area contributed by atoms with Gasteiger partial charge in [-0.25, -0.2) is 4.98 Å². The zero-order valence-electron chi connectivity index (χ0n) is 7.94. The van der Waals surface area contributed by atoms with Crippen molar-refractivity contribution in [3.05, 3.63) is 24.3 Å². The summed E-state index contributed by atoms with van der Waals surface area (Å²) in [5.74, 6) is 0. The highest BCUT2D eigenvalue weighted by atomic mass is 127. The number of benzene rings is 1. The minimum Gasteiger partial charge on any atom is -0.229 e. The standard InChI is InChI=1S/C10H8INS3/c1-6(11)9(13)15-10-12-7-4-2-3-5-8(7)14-10/h2-6H,1H3. The van der Waals surface area contributed by atoms with Crippen molar-refractivity contribution in [1.82, 2.24) is 4.98 Å². The van der Waals surface area contributed by atoms with E-state index in [1.165, 1.54) is 4.70 Å². The Morgan fingerprint density at radius 1 is 1.53 bits per heavy atom. The first-order valence-corrected chi connectivity index (χ1v) is 7.67. The van der Waals surface area contributed by atoms with Crippen molar-refractivity contribution in [2.45, 2.75) is 15.2 Å². The van der Waals surface area contributed by atoms with Crippen molar-refractivity contribution < 1.29 is 0 Å². The predicted octanol–water partition coefficient (Wildman–Crippen LogP) is 4.54. The molecule has 0 fully saturated rings. The Morgan fingerprint density at radius 3 is 2.93 bits per heavy atom. The molecule has 1 nitrogen and oxygen atoms in total. The lowest BCUT2D eigenvalue weighted by Crippen LogP contribution is -2.00. The number of thioether (sulfide) groups is 1. The Kier molecular flexibility index (Phi) is 3.98. The number of aromatic nitrogens is 1. The molecule has 78 valence electrons. The van der Waals surface area contributed by atoms with Crippen LogP contribution in [-0.2, 0) is 0 Å². The molecule has 0 bridgehead atoms. The minimum atomic E-state index is 0.398. The Hall–Kier alpha value is 0.280. The Bertz CT molecular complexity index is 459. The summed E-state index contributed by atoms with van der Waals surface area (Å²) >= 11 is 10.9. The van der Waals surface area contributed by atoms with Crippen LogP contribution in [0.1, 0.15) is 6.92 Å². The maximum Gasteiger partial charge on any atom is 0.156 e. The summed E-state index contributed by atoms with van der Waals surface area (Å²) in [5.41, 5.74) is 1.06. The van der Waals surface area contributed by atoms with Crippen LogP contribution < -0.4 is 0 Å². The van der Waals surface area contributed by atoms with Crippen molar-refractivity contribution in [3.8, 4) is 0 Å². The minimum absolute atomic E-state index is 0.398. The van der Waals surface area contributed by atoms with Crippen molar-refractivity contribution >= 4 is 72.3 Å². The van der Waals surface area contributed by atoms with E-state index < -0.39 is 0 Å². The van der Waals surface area contributed by atoms with Crippen LogP contribution >= 0.6 is 57.9 Å². The van der Waals surface area contributed by atoms with E-state index in [2.05, 4.69) is 40.6 Å². The van der Waals surface area contributed by atoms with E-state index in [4.69, 9.17) is 12.2 Å². The topological polar surface area (TPSA) is 12.9 Å². The SMILES string of the molecule is CC(I)C(=S)Sc1nc2ccccc2s1. The number of alkyl halides is 1. The number of nitrogens with zero attached hydrogens (tertiary/aromatic N) is 1. The number of thiocarbonyl (C=S) groups is 1. The van der Waals surface area contributed by atoms with E-state index in [9.17, 15) is 0 Å². The molecule has 1 aromatic heterocycles. The normalized spacial score (nSPS) is 12.9. The third-order valence-corrected chi connectivity index (χ3v) is 6.01. The van der Waals surface area contributed by atoms with Gasteiger partial charge in [-0.3, -0.25) is 0 Å². The smallest absolute Gasteiger partial charge is 0.156 e. The van der Waals surface area contributed by atoms with Crippen LogP contribution in [0.3, 0.4) is 0 Å². The van der Waals surface area contributed by atoms with Crippen LogP contribution in [0.2, 0.25) is 0 Å². The first-order chi connectivity index (χ1) is 7.16. The fraction of sp³-hybridized carbons (Fsp3) is 0.200. The molecule has 1 heterocycles. The number of thiazole rings is 1. The number of para-hydroxylation sites is 1. The number of halogens is 1. The summed E-state index contributed by atoms with van der Waals surface area (Å²) in [7, 11) is 0. The molecule has 1 atom stereocenters. The molecule has 0 radical (unpaired) electrons. The molecule has 0 amide bonds. The summed E-state index contributed by atoms with van der Waals surface area (Å²) in [5, 5.41) is 0. The van der Waals surface area contributed by atoms with Gasteiger partial charge in [0.1, 0.15) is 0 Å². The largest absolute Gasteiger partial charge is 0.229 e. The van der Waals surface area contributed by atoms with E-state index in [0.29, 0.717) is 3.92 Å². The quantitative estimate of drug-likeness (QED) is 0.336. The summed E-state index contributed by atoms with van der Waals surface area (Å²) in [6, 6.07) is 8.17. The van der Waals surface area contributed by atoms with Crippen LogP contribution in [0.25, 0.3) is 10.2 Å². The van der Waals surface area contributed by atoms with Crippen molar-refractivity contribution in [2.75, 3.05) is 0 Å². The van der Waals surface area contributed by atoms with Gasteiger partial charge in [0.05, 0.1) is 14.4 Å². The molecule has 0 spiro atoms. The fourth-order valence-corrected chi connectivity index (χ4v) is 3.72. The van der Waals surface area contributed by atoms with Gasteiger partial charge in [-0.05, 0) is 19.1 Å². The van der Waals surface area contributed by atoms with Crippen molar-refractivity contribution in [2.24, 2.45) is 0 Å². The van der Waals surface area contributed by atoms with Crippen LogP contribution in [0.15, 0.2) is 28.6 Å². The molecular weight excluding hydrogens is 357 g/mol. The summed E-state index contributed by atoms with van der Waals surface area (Å²) in [6.07, 6.45) is 0.